The van der Waals surface area contributed by atoms with Crippen LogP contribution in [0.4, 0.5) is 5.82 Å². The molecule has 2 aromatic heterocycles. The molecule has 5 rings (SSSR count). The van der Waals surface area contributed by atoms with Gasteiger partial charge in [-0.2, -0.15) is 10.1 Å². The van der Waals surface area contributed by atoms with Crippen molar-refractivity contribution in [3.63, 3.8) is 0 Å². The lowest BCUT2D eigenvalue weighted by Gasteiger charge is -2.16. The average Bonchev–Trinajstić information content (AvgIpc) is 3.21. The van der Waals surface area contributed by atoms with Gasteiger partial charge in [0.2, 0.25) is 5.88 Å². The van der Waals surface area contributed by atoms with Crippen molar-refractivity contribution in [3.05, 3.63) is 78.9 Å². The molecule has 2 aromatic carbocycles. The number of nitrogens with zero attached hydrogens (tertiary/aromatic N) is 2. The van der Waals surface area contributed by atoms with Gasteiger partial charge in [-0.05, 0) is 48.0 Å². The van der Waals surface area contributed by atoms with Gasteiger partial charge in [0, 0.05) is 18.1 Å². The SMILES string of the molecule is COc1ccc(Oc2cc(-c3ccc(OC4C=CC=CC4)cc3)c3c(N)n[nH]c3n2)cc1. The van der Waals surface area contributed by atoms with Gasteiger partial charge in [0.1, 0.15) is 23.4 Å². The minimum Gasteiger partial charge on any atom is -0.497 e. The van der Waals surface area contributed by atoms with E-state index in [1.165, 1.54) is 0 Å². The third-order valence-electron chi connectivity index (χ3n) is 5.21. The highest BCUT2D eigenvalue weighted by Crippen LogP contribution is 2.35. The summed E-state index contributed by atoms with van der Waals surface area (Å²) in [6.45, 7) is 0. The lowest BCUT2D eigenvalue weighted by molar-refractivity contribution is 0.251. The second kappa shape index (κ2) is 8.47. The number of hydrogen-bond acceptors (Lipinski definition) is 6. The third kappa shape index (κ3) is 4.00. The van der Waals surface area contributed by atoms with Crippen LogP contribution >= 0.6 is 0 Å². The zero-order valence-electron chi connectivity index (χ0n) is 17.5. The first kappa shape index (κ1) is 19.7. The molecule has 2 heterocycles. The van der Waals surface area contributed by atoms with Crippen LogP contribution in [0.25, 0.3) is 22.2 Å². The number of nitrogen functional groups attached to an aromatic ring is 1. The molecule has 32 heavy (non-hydrogen) atoms. The number of aromatic nitrogens is 3. The number of H-pyrrole nitrogens is 1. The molecule has 0 saturated heterocycles. The number of aromatic amines is 1. The van der Waals surface area contributed by atoms with Gasteiger partial charge in [-0.25, -0.2) is 0 Å². The van der Waals surface area contributed by atoms with E-state index < -0.39 is 0 Å². The molecule has 4 aromatic rings. The molecule has 0 bridgehead atoms. The molecular weight excluding hydrogens is 404 g/mol. The van der Waals surface area contributed by atoms with Gasteiger partial charge >= 0.3 is 0 Å². The second-order valence-electron chi connectivity index (χ2n) is 7.35. The number of methoxy groups -OCH3 is 1. The maximum atomic E-state index is 6.13. The zero-order valence-corrected chi connectivity index (χ0v) is 17.5. The summed E-state index contributed by atoms with van der Waals surface area (Å²) in [6.07, 6.45) is 9.09. The van der Waals surface area contributed by atoms with E-state index in [9.17, 15) is 0 Å². The monoisotopic (exact) mass is 426 g/mol. The molecule has 160 valence electrons. The number of fused-ring (bicyclic) bond motifs is 1. The molecule has 0 amide bonds. The molecule has 7 nitrogen and oxygen atoms in total. The predicted molar refractivity (Wildman–Crippen MR) is 124 cm³/mol. The van der Waals surface area contributed by atoms with Gasteiger partial charge in [-0.1, -0.05) is 30.4 Å². The second-order valence-corrected chi connectivity index (χ2v) is 7.35. The first-order valence-electron chi connectivity index (χ1n) is 10.3. The highest BCUT2D eigenvalue weighted by Gasteiger charge is 2.15. The van der Waals surface area contributed by atoms with Gasteiger partial charge in [-0.3, -0.25) is 5.10 Å². The van der Waals surface area contributed by atoms with E-state index >= 15 is 0 Å². The molecule has 1 unspecified atom stereocenters. The molecule has 1 aliphatic rings. The van der Waals surface area contributed by atoms with Crippen LogP contribution in [0.1, 0.15) is 6.42 Å². The molecular formula is C25H22N4O3. The van der Waals surface area contributed by atoms with Crippen molar-refractivity contribution in [2.45, 2.75) is 12.5 Å². The maximum absolute atomic E-state index is 6.13. The van der Waals surface area contributed by atoms with Gasteiger partial charge in [0.15, 0.2) is 11.5 Å². The van der Waals surface area contributed by atoms with E-state index in [1.54, 1.807) is 7.11 Å². The largest absolute Gasteiger partial charge is 0.497 e. The van der Waals surface area contributed by atoms with Crippen LogP contribution in [0.15, 0.2) is 78.9 Å². The molecule has 0 aliphatic heterocycles. The highest BCUT2D eigenvalue weighted by molar-refractivity contribution is 6.00. The van der Waals surface area contributed by atoms with Crippen molar-refractivity contribution in [3.8, 4) is 34.3 Å². The van der Waals surface area contributed by atoms with Gasteiger partial charge < -0.3 is 19.9 Å². The fourth-order valence-corrected chi connectivity index (χ4v) is 3.61. The Labute approximate surface area is 185 Å². The van der Waals surface area contributed by atoms with E-state index in [0.717, 1.165) is 34.4 Å². The predicted octanol–water partition coefficient (Wildman–Crippen LogP) is 5.27. The standard InChI is InChI=1S/C25H22N4O3/c1-30-17-11-13-20(14-12-17)32-22-15-21(23-24(26)28-29-25(23)27-22)16-7-9-19(10-8-16)31-18-5-3-2-4-6-18/h2-5,7-15,18H,6H2,1H3,(H3,26,27,28,29). The van der Waals surface area contributed by atoms with Crippen molar-refractivity contribution in [1.29, 1.82) is 0 Å². The molecule has 0 spiro atoms. The van der Waals surface area contributed by atoms with Crippen molar-refractivity contribution < 1.29 is 14.2 Å². The number of hydrogen-bond donors (Lipinski definition) is 2. The summed E-state index contributed by atoms with van der Waals surface area (Å²) in [4.78, 5) is 4.52. The molecule has 7 heteroatoms. The Morgan fingerprint density at radius 1 is 0.969 bits per heavy atom. The molecule has 0 fully saturated rings. The number of benzene rings is 2. The minimum absolute atomic E-state index is 0.0486. The van der Waals surface area contributed by atoms with Crippen molar-refractivity contribution in [2.24, 2.45) is 0 Å². The Hall–Kier alpha value is -4.26. The number of ether oxygens (including phenoxy) is 3. The molecule has 1 aliphatic carbocycles. The average molecular weight is 426 g/mol. The topological polar surface area (TPSA) is 95.3 Å². The molecule has 3 N–H and O–H groups in total. The molecule has 0 saturated carbocycles. The summed E-state index contributed by atoms with van der Waals surface area (Å²) in [5.41, 5.74) is 8.51. The van der Waals surface area contributed by atoms with Crippen LogP contribution in [-0.4, -0.2) is 28.4 Å². The Bertz CT molecular complexity index is 1290. The molecule has 1 atom stereocenters. The van der Waals surface area contributed by atoms with Crippen molar-refractivity contribution in [1.82, 2.24) is 15.2 Å². The fraction of sp³-hybridized carbons (Fsp3) is 0.120. The van der Waals surface area contributed by atoms with E-state index in [0.29, 0.717) is 23.1 Å². The van der Waals surface area contributed by atoms with Crippen LogP contribution in [0, 0.1) is 0 Å². The highest BCUT2D eigenvalue weighted by atomic mass is 16.5. The third-order valence-corrected chi connectivity index (χ3v) is 5.21. The Balaban J connectivity index is 1.46. The first-order valence-corrected chi connectivity index (χ1v) is 10.3. The van der Waals surface area contributed by atoms with Crippen LogP contribution in [0.3, 0.4) is 0 Å². The smallest absolute Gasteiger partial charge is 0.221 e. The first-order chi connectivity index (χ1) is 15.7. The normalized spacial score (nSPS) is 15.1. The quantitative estimate of drug-likeness (QED) is 0.436. The van der Waals surface area contributed by atoms with E-state index in [4.69, 9.17) is 19.9 Å². The van der Waals surface area contributed by atoms with Crippen LogP contribution in [0.2, 0.25) is 0 Å². The zero-order chi connectivity index (χ0) is 21.9. The van der Waals surface area contributed by atoms with E-state index in [2.05, 4.69) is 27.3 Å². The van der Waals surface area contributed by atoms with Gasteiger partial charge in [-0.15, -0.1) is 0 Å². The summed E-state index contributed by atoms with van der Waals surface area (Å²) >= 11 is 0. The maximum Gasteiger partial charge on any atom is 0.221 e. The number of rotatable bonds is 6. The van der Waals surface area contributed by atoms with Gasteiger partial charge in [0.25, 0.3) is 0 Å². The number of nitrogens with one attached hydrogen (secondary N) is 1. The molecule has 0 radical (unpaired) electrons. The summed E-state index contributed by atoms with van der Waals surface area (Å²) in [5, 5.41) is 7.76. The van der Waals surface area contributed by atoms with Crippen LogP contribution in [-0.2, 0) is 0 Å². The number of pyridine rings is 1. The Morgan fingerprint density at radius 2 is 1.72 bits per heavy atom. The summed E-state index contributed by atoms with van der Waals surface area (Å²) in [7, 11) is 1.62. The Kier molecular flexibility index (Phi) is 5.21. The minimum atomic E-state index is 0.0486. The number of nitrogens with two attached hydrogens (primary N) is 1. The van der Waals surface area contributed by atoms with E-state index in [1.807, 2.05) is 66.7 Å². The van der Waals surface area contributed by atoms with E-state index in [-0.39, 0.29) is 6.10 Å². The Morgan fingerprint density at radius 3 is 2.44 bits per heavy atom. The fourth-order valence-electron chi connectivity index (χ4n) is 3.61. The van der Waals surface area contributed by atoms with Crippen LogP contribution in [0.5, 0.6) is 23.1 Å². The number of anilines is 1. The van der Waals surface area contributed by atoms with Crippen LogP contribution < -0.4 is 19.9 Å². The lowest BCUT2D eigenvalue weighted by Crippen LogP contribution is -2.13. The summed E-state index contributed by atoms with van der Waals surface area (Å²) in [5.74, 6) is 3.02. The summed E-state index contributed by atoms with van der Waals surface area (Å²) in [6, 6.07) is 17.1. The lowest BCUT2D eigenvalue weighted by atomic mass is 10.0. The number of allylic oxidation sites excluding steroid dienone is 2. The summed E-state index contributed by atoms with van der Waals surface area (Å²) < 4.78 is 17.2. The van der Waals surface area contributed by atoms with Crippen molar-refractivity contribution >= 4 is 16.9 Å². The van der Waals surface area contributed by atoms with Gasteiger partial charge in [0.05, 0.1) is 12.5 Å². The van der Waals surface area contributed by atoms with Crippen molar-refractivity contribution in [2.75, 3.05) is 12.8 Å².